The summed E-state index contributed by atoms with van der Waals surface area (Å²) in [5.41, 5.74) is 3.52. The van der Waals surface area contributed by atoms with E-state index in [1.54, 1.807) is 28.1 Å². The number of nitriles is 2. The molecule has 6 heterocycles. The Kier molecular flexibility index (Phi) is 5.32. The SMILES string of the molecule is CC(C)(C#N)Nc1cc(-c2ccc3cc(C#N)cnn23)ncc1-c1nnc(N2CC3CCC(C2)N3)s1. The van der Waals surface area contributed by atoms with Crippen LogP contribution in [0.5, 0.6) is 0 Å². The Balaban J connectivity index is 1.38. The topological polar surface area (TPSA) is 131 Å². The van der Waals surface area contributed by atoms with Gasteiger partial charge in [-0.25, -0.2) is 4.52 Å². The first-order valence-electron chi connectivity index (χ1n) is 11.8. The fraction of sp³-hybridized carbons (Fsp3) is 0.360. The average molecular weight is 497 g/mol. The number of fused-ring (bicyclic) bond motifs is 3. The molecule has 0 spiro atoms. The summed E-state index contributed by atoms with van der Waals surface area (Å²) in [7, 11) is 0. The van der Waals surface area contributed by atoms with Crippen molar-refractivity contribution in [2.24, 2.45) is 0 Å². The van der Waals surface area contributed by atoms with E-state index in [2.05, 4.69) is 43.0 Å². The van der Waals surface area contributed by atoms with Gasteiger partial charge in [-0.05, 0) is 51.0 Å². The van der Waals surface area contributed by atoms with E-state index in [-0.39, 0.29) is 0 Å². The monoisotopic (exact) mass is 496 g/mol. The van der Waals surface area contributed by atoms with Crippen LogP contribution in [0.3, 0.4) is 0 Å². The molecule has 36 heavy (non-hydrogen) atoms. The van der Waals surface area contributed by atoms with E-state index in [1.807, 2.05) is 32.0 Å². The van der Waals surface area contributed by atoms with Gasteiger partial charge >= 0.3 is 0 Å². The van der Waals surface area contributed by atoms with E-state index in [9.17, 15) is 10.5 Å². The Hall–Kier alpha value is -4.06. The zero-order valence-corrected chi connectivity index (χ0v) is 20.7. The van der Waals surface area contributed by atoms with Gasteiger partial charge in [0.1, 0.15) is 11.6 Å². The highest BCUT2D eigenvalue weighted by molar-refractivity contribution is 7.18. The molecule has 0 aliphatic carbocycles. The summed E-state index contributed by atoms with van der Waals surface area (Å²) in [6.07, 6.45) is 5.72. The van der Waals surface area contributed by atoms with Crippen LogP contribution in [0, 0.1) is 22.7 Å². The molecule has 2 aliphatic rings. The standard InChI is InChI=1S/C25H24N10S/c1-25(2,14-27)31-20-8-21(22-6-5-18-7-15(9-26)10-29-35(18)22)28-11-19(20)23-32-33-24(36-23)34-12-16-3-4-17(13-34)30-16/h5-8,10-11,16-17,30H,3-4,12-13H2,1-2H3,(H,28,31). The molecule has 180 valence electrons. The largest absolute Gasteiger partial charge is 0.367 e. The minimum Gasteiger partial charge on any atom is -0.367 e. The highest BCUT2D eigenvalue weighted by Crippen LogP contribution is 2.37. The molecule has 0 aromatic carbocycles. The highest BCUT2D eigenvalue weighted by atomic mass is 32.1. The lowest BCUT2D eigenvalue weighted by Crippen LogP contribution is -2.51. The molecule has 0 radical (unpaired) electrons. The molecule has 10 nitrogen and oxygen atoms in total. The third-order valence-corrected chi connectivity index (χ3v) is 7.67. The van der Waals surface area contributed by atoms with Crippen LogP contribution in [0.1, 0.15) is 32.3 Å². The normalized spacial score (nSPS) is 19.3. The molecular formula is C25H24N10S. The second-order valence-corrected chi connectivity index (χ2v) is 10.8. The lowest BCUT2D eigenvalue weighted by atomic mass is 10.1. The highest BCUT2D eigenvalue weighted by Gasteiger charge is 2.33. The van der Waals surface area contributed by atoms with Crippen LogP contribution in [0.4, 0.5) is 10.8 Å². The number of rotatable bonds is 5. The van der Waals surface area contributed by atoms with Crippen LogP contribution in [-0.2, 0) is 0 Å². The number of hydrogen-bond donors (Lipinski definition) is 2. The fourth-order valence-electron chi connectivity index (χ4n) is 4.89. The summed E-state index contributed by atoms with van der Waals surface area (Å²) in [6.45, 7) is 5.54. The van der Waals surface area contributed by atoms with E-state index < -0.39 is 5.54 Å². The second kappa shape index (κ2) is 8.55. The van der Waals surface area contributed by atoms with Gasteiger partial charge in [-0.1, -0.05) is 11.3 Å². The number of nitrogens with one attached hydrogen (secondary N) is 2. The summed E-state index contributed by atoms with van der Waals surface area (Å²) in [4.78, 5) is 7.05. The molecule has 0 amide bonds. The van der Waals surface area contributed by atoms with Gasteiger partial charge in [0.05, 0.1) is 40.3 Å². The van der Waals surface area contributed by atoms with Gasteiger partial charge in [0, 0.05) is 37.1 Å². The van der Waals surface area contributed by atoms with Gasteiger partial charge in [-0.15, -0.1) is 10.2 Å². The molecule has 6 rings (SSSR count). The molecule has 2 unspecified atom stereocenters. The van der Waals surface area contributed by atoms with Crippen molar-refractivity contribution in [3.05, 3.63) is 42.2 Å². The first-order valence-corrected chi connectivity index (χ1v) is 12.7. The van der Waals surface area contributed by atoms with Crippen molar-refractivity contribution < 1.29 is 0 Å². The Bertz CT molecular complexity index is 1530. The molecule has 4 aromatic rings. The van der Waals surface area contributed by atoms with Crippen molar-refractivity contribution in [3.63, 3.8) is 0 Å². The van der Waals surface area contributed by atoms with E-state index >= 15 is 0 Å². The molecule has 0 saturated carbocycles. The second-order valence-electron chi connectivity index (χ2n) is 9.82. The maximum atomic E-state index is 9.68. The number of pyridine rings is 1. The van der Waals surface area contributed by atoms with Gasteiger partial charge in [-0.3, -0.25) is 4.98 Å². The van der Waals surface area contributed by atoms with E-state index in [0.29, 0.717) is 23.3 Å². The van der Waals surface area contributed by atoms with Crippen LogP contribution < -0.4 is 15.5 Å². The molecule has 2 fully saturated rings. The van der Waals surface area contributed by atoms with Crippen molar-refractivity contribution in [1.29, 1.82) is 10.5 Å². The molecule has 2 aliphatic heterocycles. The summed E-state index contributed by atoms with van der Waals surface area (Å²) >= 11 is 1.55. The molecule has 11 heteroatoms. The van der Waals surface area contributed by atoms with Gasteiger partial charge in [-0.2, -0.15) is 15.6 Å². The molecule has 2 bridgehead atoms. The van der Waals surface area contributed by atoms with Crippen molar-refractivity contribution in [2.75, 3.05) is 23.3 Å². The average Bonchev–Trinajstić information content (AvgIpc) is 3.62. The van der Waals surface area contributed by atoms with Gasteiger partial charge in [0.15, 0.2) is 5.01 Å². The van der Waals surface area contributed by atoms with Crippen LogP contribution >= 0.6 is 11.3 Å². The number of piperazine rings is 1. The Morgan fingerprint density at radius 1 is 1.11 bits per heavy atom. The summed E-state index contributed by atoms with van der Waals surface area (Å²) in [6, 6.07) is 13.0. The minimum atomic E-state index is -0.806. The van der Waals surface area contributed by atoms with E-state index in [4.69, 9.17) is 4.98 Å². The van der Waals surface area contributed by atoms with Gasteiger partial charge in [0.25, 0.3) is 0 Å². The van der Waals surface area contributed by atoms with Crippen molar-refractivity contribution in [3.8, 4) is 34.1 Å². The summed E-state index contributed by atoms with van der Waals surface area (Å²) in [5, 5.41) is 41.0. The first kappa shape index (κ1) is 22.4. The molecule has 2 atom stereocenters. The van der Waals surface area contributed by atoms with Gasteiger partial charge < -0.3 is 15.5 Å². The maximum absolute atomic E-state index is 9.68. The first-order chi connectivity index (χ1) is 17.4. The Morgan fingerprint density at radius 3 is 2.67 bits per heavy atom. The minimum absolute atomic E-state index is 0.498. The van der Waals surface area contributed by atoms with Crippen LogP contribution in [0.15, 0.2) is 36.7 Å². The van der Waals surface area contributed by atoms with Crippen molar-refractivity contribution in [2.45, 2.75) is 44.3 Å². The quantitative estimate of drug-likeness (QED) is 0.426. The number of aromatic nitrogens is 5. The summed E-state index contributed by atoms with van der Waals surface area (Å²) < 4.78 is 1.75. The Morgan fingerprint density at radius 2 is 1.92 bits per heavy atom. The third-order valence-electron chi connectivity index (χ3n) is 6.65. The molecular weight excluding hydrogens is 472 g/mol. The van der Waals surface area contributed by atoms with Crippen LogP contribution in [0.2, 0.25) is 0 Å². The van der Waals surface area contributed by atoms with E-state index in [0.717, 1.165) is 45.7 Å². The maximum Gasteiger partial charge on any atom is 0.208 e. The van der Waals surface area contributed by atoms with E-state index in [1.165, 1.54) is 19.0 Å². The fourth-order valence-corrected chi connectivity index (χ4v) is 5.78. The lowest BCUT2D eigenvalue weighted by molar-refractivity contribution is 0.465. The number of hydrogen-bond acceptors (Lipinski definition) is 10. The van der Waals surface area contributed by atoms with Crippen LogP contribution in [-0.4, -0.2) is 55.5 Å². The van der Waals surface area contributed by atoms with Crippen molar-refractivity contribution in [1.82, 2.24) is 30.1 Å². The molecule has 4 aromatic heterocycles. The molecule has 2 N–H and O–H groups in total. The zero-order valence-electron chi connectivity index (χ0n) is 19.9. The van der Waals surface area contributed by atoms with Gasteiger partial charge in [0.2, 0.25) is 5.13 Å². The predicted octanol–water partition coefficient (Wildman–Crippen LogP) is 3.44. The smallest absolute Gasteiger partial charge is 0.208 e. The van der Waals surface area contributed by atoms with Crippen molar-refractivity contribution >= 4 is 27.7 Å². The lowest BCUT2D eigenvalue weighted by Gasteiger charge is -2.32. The summed E-state index contributed by atoms with van der Waals surface area (Å²) in [5.74, 6) is 0. The predicted molar refractivity (Wildman–Crippen MR) is 138 cm³/mol. The zero-order chi connectivity index (χ0) is 24.9. The number of nitrogens with zero attached hydrogens (tertiary/aromatic N) is 8. The Labute approximate surface area is 212 Å². The number of anilines is 2. The molecule has 2 saturated heterocycles. The third kappa shape index (κ3) is 4.02. The van der Waals surface area contributed by atoms with Crippen LogP contribution in [0.25, 0.3) is 27.5 Å².